The largest absolute Gasteiger partial charge is 0.384 e. The summed E-state index contributed by atoms with van der Waals surface area (Å²) in [5.41, 5.74) is 6.04. The number of nitrogens with zero attached hydrogens (tertiary/aromatic N) is 4. The summed E-state index contributed by atoms with van der Waals surface area (Å²) in [6.45, 7) is 3.18. The Morgan fingerprint density at radius 1 is 1.30 bits per heavy atom. The van der Waals surface area contributed by atoms with Gasteiger partial charge in [-0.3, -0.25) is 23.6 Å². The van der Waals surface area contributed by atoms with Gasteiger partial charge in [0.15, 0.2) is 5.78 Å². The third-order valence-corrected chi connectivity index (χ3v) is 5.35. The van der Waals surface area contributed by atoms with E-state index in [0.717, 1.165) is 29.6 Å². The van der Waals surface area contributed by atoms with Gasteiger partial charge >= 0.3 is 5.69 Å². The molecule has 0 saturated carbocycles. The Morgan fingerprint density at radius 2 is 2.04 bits per heavy atom. The zero-order valence-electron chi connectivity index (χ0n) is 16.1. The van der Waals surface area contributed by atoms with Crippen LogP contribution >= 0.6 is 0 Å². The van der Waals surface area contributed by atoms with Crippen molar-refractivity contribution in [3.05, 3.63) is 50.4 Å². The van der Waals surface area contributed by atoms with E-state index in [-0.39, 0.29) is 29.8 Å². The van der Waals surface area contributed by atoms with E-state index in [2.05, 4.69) is 15.5 Å². The quantitative estimate of drug-likeness (QED) is 0.759. The van der Waals surface area contributed by atoms with E-state index in [0.29, 0.717) is 13.0 Å². The Hall–Kier alpha value is -2.61. The molecule has 146 valence electrons. The van der Waals surface area contributed by atoms with Gasteiger partial charge in [0.05, 0.1) is 12.6 Å². The number of carbonyl (C=O) groups excluding carboxylic acids is 1. The number of nitrogens with two attached hydrogens (primary N) is 1. The molecule has 0 radical (unpaired) electrons. The highest BCUT2D eigenvalue weighted by molar-refractivity contribution is 6.01. The van der Waals surface area contributed by atoms with Crippen LogP contribution < -0.4 is 17.0 Å². The van der Waals surface area contributed by atoms with Gasteiger partial charge in [-0.2, -0.15) is 0 Å². The lowest BCUT2D eigenvalue weighted by atomic mass is 10.1. The second kappa shape index (κ2) is 7.56. The summed E-state index contributed by atoms with van der Waals surface area (Å²) >= 11 is 0. The number of carbonyl (C=O) groups is 1. The predicted molar refractivity (Wildman–Crippen MR) is 104 cm³/mol. The topological polar surface area (TPSA) is 95.3 Å². The lowest BCUT2D eigenvalue weighted by Gasteiger charge is -2.24. The van der Waals surface area contributed by atoms with Crippen molar-refractivity contribution in [3.63, 3.8) is 0 Å². The first-order valence-corrected chi connectivity index (χ1v) is 9.34. The Labute approximate surface area is 157 Å². The molecule has 2 aromatic rings. The first-order chi connectivity index (χ1) is 12.9. The van der Waals surface area contributed by atoms with E-state index in [1.54, 1.807) is 0 Å². The fraction of sp³-hybridized carbons (Fsp3) is 0.526. The number of rotatable bonds is 6. The molecule has 0 spiro atoms. The number of aryl methyl sites for hydroxylation is 1. The van der Waals surface area contributed by atoms with Crippen LogP contribution in [0.4, 0.5) is 5.82 Å². The molecule has 1 aliphatic rings. The van der Waals surface area contributed by atoms with Gasteiger partial charge in [-0.05, 0) is 37.9 Å². The molecule has 1 saturated heterocycles. The van der Waals surface area contributed by atoms with Crippen molar-refractivity contribution in [2.45, 2.75) is 38.8 Å². The third-order valence-electron chi connectivity index (χ3n) is 5.35. The van der Waals surface area contributed by atoms with Crippen molar-refractivity contribution in [1.82, 2.24) is 18.6 Å². The minimum atomic E-state index is -0.621. The van der Waals surface area contributed by atoms with Crippen molar-refractivity contribution in [2.75, 3.05) is 18.8 Å². The summed E-state index contributed by atoms with van der Waals surface area (Å²) in [4.78, 5) is 40.0. The van der Waals surface area contributed by atoms with Gasteiger partial charge < -0.3 is 10.3 Å². The van der Waals surface area contributed by atoms with Gasteiger partial charge in [0.1, 0.15) is 11.4 Å². The normalized spacial score (nSPS) is 17.5. The van der Waals surface area contributed by atoms with E-state index >= 15 is 0 Å². The standard InChI is InChI=1S/C19H27N5O3/c1-4-9-24-17(20)16(18(26)22(3)19(24)27)15(25)12-23-11-6-8-14(23)13-7-5-10-21(13)2/h5,7,10,14H,4,6,8-9,11-12,20H2,1-3H3. The molecular formula is C19H27N5O3. The van der Waals surface area contributed by atoms with E-state index in [9.17, 15) is 14.4 Å². The highest BCUT2D eigenvalue weighted by atomic mass is 16.2. The molecule has 8 nitrogen and oxygen atoms in total. The van der Waals surface area contributed by atoms with Crippen LogP contribution in [-0.2, 0) is 20.6 Å². The molecule has 3 heterocycles. The molecule has 2 aromatic heterocycles. The van der Waals surface area contributed by atoms with Crippen LogP contribution in [0.5, 0.6) is 0 Å². The van der Waals surface area contributed by atoms with E-state index < -0.39 is 11.2 Å². The molecule has 1 unspecified atom stereocenters. The van der Waals surface area contributed by atoms with Gasteiger partial charge in [-0.25, -0.2) is 4.79 Å². The molecule has 0 amide bonds. The van der Waals surface area contributed by atoms with Gasteiger partial charge in [0, 0.05) is 32.5 Å². The number of hydrogen-bond donors (Lipinski definition) is 1. The van der Waals surface area contributed by atoms with E-state index in [1.165, 1.54) is 11.6 Å². The van der Waals surface area contributed by atoms with Gasteiger partial charge in [0.25, 0.3) is 5.56 Å². The van der Waals surface area contributed by atoms with Gasteiger partial charge in [0.2, 0.25) is 0 Å². The fourth-order valence-corrected chi connectivity index (χ4v) is 3.92. The maximum absolute atomic E-state index is 13.0. The van der Waals surface area contributed by atoms with Crippen molar-refractivity contribution in [1.29, 1.82) is 0 Å². The SMILES string of the molecule is CCCn1c(N)c(C(=O)CN2CCCC2c2cccn2C)c(=O)n(C)c1=O. The minimum Gasteiger partial charge on any atom is -0.384 e. The van der Waals surface area contributed by atoms with Crippen LogP contribution in [0.1, 0.15) is 48.3 Å². The number of likely N-dealkylation sites (tertiary alicyclic amines) is 1. The zero-order valence-corrected chi connectivity index (χ0v) is 16.1. The molecule has 1 aliphatic heterocycles. The highest BCUT2D eigenvalue weighted by Gasteiger charge is 2.31. The van der Waals surface area contributed by atoms with Crippen LogP contribution in [0.3, 0.4) is 0 Å². The number of Topliss-reactive ketones (excluding diaryl/α,β-unsaturated/α-hetero) is 1. The Bertz CT molecular complexity index is 969. The molecule has 1 fully saturated rings. The Balaban J connectivity index is 1.94. The van der Waals surface area contributed by atoms with Crippen molar-refractivity contribution < 1.29 is 4.79 Å². The maximum atomic E-state index is 13.0. The highest BCUT2D eigenvalue weighted by Crippen LogP contribution is 2.31. The molecule has 3 rings (SSSR count). The minimum absolute atomic E-state index is 0.0236. The molecule has 0 aromatic carbocycles. The second-order valence-electron chi connectivity index (χ2n) is 7.15. The molecule has 8 heteroatoms. The third kappa shape index (κ3) is 3.37. The van der Waals surface area contributed by atoms with E-state index in [4.69, 9.17) is 5.73 Å². The molecule has 1 atom stereocenters. The number of anilines is 1. The second-order valence-corrected chi connectivity index (χ2v) is 7.15. The first kappa shape index (κ1) is 19.2. The number of hydrogen-bond acceptors (Lipinski definition) is 5. The average molecular weight is 373 g/mol. The Morgan fingerprint density at radius 3 is 2.67 bits per heavy atom. The lowest BCUT2D eigenvalue weighted by Crippen LogP contribution is -2.44. The smallest absolute Gasteiger partial charge is 0.332 e. The van der Waals surface area contributed by atoms with Gasteiger partial charge in [-0.1, -0.05) is 6.92 Å². The van der Waals surface area contributed by atoms with Gasteiger partial charge in [-0.15, -0.1) is 0 Å². The molecular weight excluding hydrogens is 346 g/mol. The molecule has 2 N–H and O–H groups in total. The summed E-state index contributed by atoms with van der Waals surface area (Å²) in [6, 6.07) is 4.19. The van der Waals surface area contributed by atoms with Crippen molar-refractivity contribution in [2.24, 2.45) is 14.1 Å². The van der Waals surface area contributed by atoms with Crippen LogP contribution in [-0.4, -0.2) is 37.5 Å². The number of nitrogen functional groups attached to an aromatic ring is 1. The van der Waals surface area contributed by atoms with Crippen molar-refractivity contribution in [3.8, 4) is 0 Å². The summed E-state index contributed by atoms with van der Waals surface area (Å²) in [5, 5.41) is 0. The van der Waals surface area contributed by atoms with Crippen LogP contribution in [0.25, 0.3) is 0 Å². The van der Waals surface area contributed by atoms with E-state index in [1.807, 2.05) is 26.2 Å². The maximum Gasteiger partial charge on any atom is 0.332 e. The average Bonchev–Trinajstić information content (AvgIpc) is 3.25. The monoisotopic (exact) mass is 373 g/mol. The summed E-state index contributed by atoms with van der Waals surface area (Å²) < 4.78 is 4.34. The van der Waals surface area contributed by atoms with Crippen molar-refractivity contribution >= 4 is 11.6 Å². The molecule has 0 bridgehead atoms. The molecule has 27 heavy (non-hydrogen) atoms. The van der Waals surface area contributed by atoms with Crippen LogP contribution in [0, 0.1) is 0 Å². The molecule has 0 aliphatic carbocycles. The lowest BCUT2D eigenvalue weighted by molar-refractivity contribution is 0.0917. The van der Waals surface area contributed by atoms with Crippen LogP contribution in [0.2, 0.25) is 0 Å². The number of ketones is 1. The zero-order chi connectivity index (χ0) is 19.7. The fourth-order valence-electron chi connectivity index (χ4n) is 3.92. The first-order valence-electron chi connectivity index (χ1n) is 9.34. The van der Waals surface area contributed by atoms with Crippen LogP contribution in [0.15, 0.2) is 27.9 Å². The summed E-state index contributed by atoms with van der Waals surface area (Å²) in [5.74, 6) is -0.358. The summed E-state index contributed by atoms with van der Waals surface area (Å²) in [7, 11) is 3.37. The Kier molecular flexibility index (Phi) is 5.36. The number of aromatic nitrogens is 3. The predicted octanol–water partition coefficient (Wildman–Crippen LogP) is 0.898. The summed E-state index contributed by atoms with van der Waals surface area (Å²) in [6.07, 6.45) is 4.62.